The van der Waals surface area contributed by atoms with Crippen LogP contribution in [0.3, 0.4) is 0 Å². The monoisotopic (exact) mass is 492 g/mol. The molecule has 0 bridgehead atoms. The molecule has 0 aliphatic heterocycles. The molecule has 1 aromatic rings. The van der Waals surface area contributed by atoms with Crippen LogP contribution in [0.1, 0.15) is 155 Å². The van der Waals surface area contributed by atoms with Crippen LogP contribution in [0.15, 0.2) is 4.42 Å². The van der Waals surface area contributed by atoms with Crippen molar-refractivity contribution in [1.29, 1.82) is 0 Å². The summed E-state index contributed by atoms with van der Waals surface area (Å²) < 4.78 is 17.3. The summed E-state index contributed by atoms with van der Waals surface area (Å²) >= 11 is 0. The number of carbonyl (C=O) groups excluding carboxylic acids is 2. The first-order valence-electron chi connectivity index (χ1n) is 14.6. The highest BCUT2D eigenvalue weighted by Gasteiger charge is 2.25. The zero-order chi connectivity index (χ0) is 25.7. The van der Waals surface area contributed by atoms with E-state index in [0.717, 1.165) is 38.5 Å². The molecule has 0 aliphatic carbocycles. The minimum atomic E-state index is -0.283. The highest BCUT2D eigenvalue weighted by molar-refractivity contribution is 5.77. The lowest BCUT2D eigenvalue weighted by Gasteiger charge is -2.08. The van der Waals surface area contributed by atoms with E-state index in [4.69, 9.17) is 13.9 Å². The van der Waals surface area contributed by atoms with E-state index in [0.29, 0.717) is 48.7 Å². The van der Waals surface area contributed by atoms with Crippen LogP contribution >= 0.6 is 0 Å². The van der Waals surface area contributed by atoms with Gasteiger partial charge in [-0.2, -0.15) is 0 Å². The first kappa shape index (κ1) is 31.3. The lowest BCUT2D eigenvalue weighted by molar-refractivity contribution is -0.137. The summed E-state index contributed by atoms with van der Waals surface area (Å²) in [5.74, 6) is 1.18. The van der Waals surface area contributed by atoms with Crippen molar-refractivity contribution in [3.05, 3.63) is 11.5 Å². The Hall–Kier alpha value is -1.78. The highest BCUT2D eigenvalue weighted by atomic mass is 16.6. The largest absolute Gasteiger partial charge is 0.458 e. The number of ether oxygens (including phenoxy) is 2. The number of esters is 2. The van der Waals surface area contributed by atoms with Gasteiger partial charge in [0.25, 0.3) is 0 Å². The van der Waals surface area contributed by atoms with Crippen molar-refractivity contribution in [2.45, 2.75) is 156 Å². The molecule has 0 aromatic carbocycles. The Kier molecular flexibility index (Phi) is 18.2. The van der Waals surface area contributed by atoms with Gasteiger partial charge in [0.2, 0.25) is 11.5 Å². The fourth-order valence-electron chi connectivity index (χ4n) is 4.30. The molecule has 1 aromatic heterocycles. The molecule has 202 valence electrons. The molecular formula is C30H52O5. The molecule has 0 saturated carbocycles. The lowest BCUT2D eigenvalue weighted by atomic mass is 10.1. The smallest absolute Gasteiger partial charge is 0.311 e. The van der Waals surface area contributed by atoms with Gasteiger partial charge in [-0.15, -0.1) is 0 Å². The minimum absolute atomic E-state index is 0.283. The van der Waals surface area contributed by atoms with Gasteiger partial charge in [-0.05, 0) is 12.8 Å². The third-order valence-corrected chi connectivity index (χ3v) is 6.50. The maximum atomic E-state index is 12.5. The number of furan rings is 1. The zero-order valence-electron chi connectivity index (χ0n) is 23.2. The van der Waals surface area contributed by atoms with Crippen LogP contribution in [-0.2, 0) is 22.4 Å². The second-order valence-corrected chi connectivity index (χ2v) is 9.71. The van der Waals surface area contributed by atoms with E-state index < -0.39 is 0 Å². The molecule has 0 atom stereocenters. The molecular weight excluding hydrogens is 440 g/mol. The quantitative estimate of drug-likeness (QED) is 0.119. The second-order valence-electron chi connectivity index (χ2n) is 9.71. The number of hydrogen-bond donors (Lipinski definition) is 0. The number of aryl methyl sites for hydroxylation is 2. The topological polar surface area (TPSA) is 65.7 Å². The lowest BCUT2D eigenvalue weighted by Crippen LogP contribution is -2.12. The molecule has 5 heteroatoms. The molecule has 0 N–H and O–H groups in total. The predicted octanol–water partition coefficient (Wildman–Crippen LogP) is 9.28. The Morgan fingerprint density at radius 2 is 0.829 bits per heavy atom. The van der Waals surface area contributed by atoms with Crippen molar-refractivity contribution >= 4 is 11.9 Å². The molecule has 35 heavy (non-hydrogen) atoms. The Morgan fingerprint density at radius 3 is 1.14 bits per heavy atom. The Bertz CT molecular complexity index is 635. The van der Waals surface area contributed by atoms with E-state index in [1.54, 1.807) is 0 Å². The molecule has 5 nitrogen and oxygen atoms in total. The van der Waals surface area contributed by atoms with Crippen LogP contribution in [0.4, 0.5) is 0 Å². The predicted molar refractivity (Wildman–Crippen MR) is 143 cm³/mol. The molecule has 0 saturated heterocycles. The summed E-state index contributed by atoms with van der Waals surface area (Å²) in [4.78, 5) is 25.0. The molecule has 0 amide bonds. The SMILES string of the molecule is CCCCCCCCCCC(=O)Oc1c(CC)oc(CC)c1OC(=O)CCCCCCCCCC. The molecule has 0 unspecified atom stereocenters. The molecule has 1 rings (SSSR count). The van der Waals surface area contributed by atoms with Crippen LogP contribution in [0.5, 0.6) is 11.5 Å². The Morgan fingerprint density at radius 1 is 0.514 bits per heavy atom. The third kappa shape index (κ3) is 13.8. The molecule has 0 spiro atoms. The van der Waals surface area contributed by atoms with Crippen LogP contribution in [0.25, 0.3) is 0 Å². The van der Waals surface area contributed by atoms with Gasteiger partial charge in [-0.25, -0.2) is 0 Å². The van der Waals surface area contributed by atoms with Gasteiger partial charge in [0.15, 0.2) is 11.5 Å². The van der Waals surface area contributed by atoms with Crippen molar-refractivity contribution in [3.8, 4) is 11.5 Å². The number of carbonyl (C=O) groups is 2. The van der Waals surface area contributed by atoms with E-state index in [2.05, 4.69) is 13.8 Å². The first-order valence-corrected chi connectivity index (χ1v) is 14.6. The Balaban J connectivity index is 2.48. The van der Waals surface area contributed by atoms with E-state index in [1.165, 1.54) is 64.2 Å². The summed E-state index contributed by atoms with van der Waals surface area (Å²) in [6.07, 6.45) is 20.7. The second kappa shape index (κ2) is 20.4. The van der Waals surface area contributed by atoms with E-state index in [-0.39, 0.29) is 11.9 Å². The van der Waals surface area contributed by atoms with Crippen LogP contribution in [-0.4, -0.2) is 11.9 Å². The average molecular weight is 493 g/mol. The Labute approximate surface area is 214 Å². The minimum Gasteiger partial charge on any atom is -0.458 e. The summed E-state index contributed by atoms with van der Waals surface area (Å²) in [6, 6.07) is 0. The average Bonchev–Trinajstić information content (AvgIpc) is 3.18. The third-order valence-electron chi connectivity index (χ3n) is 6.50. The summed E-state index contributed by atoms with van der Waals surface area (Å²) in [7, 11) is 0. The molecule has 0 fully saturated rings. The first-order chi connectivity index (χ1) is 17.1. The van der Waals surface area contributed by atoms with Crippen LogP contribution < -0.4 is 9.47 Å². The van der Waals surface area contributed by atoms with Crippen molar-refractivity contribution < 1.29 is 23.5 Å². The van der Waals surface area contributed by atoms with E-state index >= 15 is 0 Å². The maximum absolute atomic E-state index is 12.5. The van der Waals surface area contributed by atoms with E-state index in [9.17, 15) is 9.59 Å². The van der Waals surface area contributed by atoms with Gasteiger partial charge in [-0.1, -0.05) is 118 Å². The maximum Gasteiger partial charge on any atom is 0.311 e. The standard InChI is InChI=1S/C30H52O5/c1-5-9-11-13-15-17-19-21-23-27(31)34-29-25(7-3)33-26(8-4)30(29)35-28(32)24-22-20-18-16-14-12-10-6-2/h5-24H2,1-4H3. The van der Waals surface area contributed by atoms with Gasteiger partial charge in [0.05, 0.1) is 0 Å². The summed E-state index contributed by atoms with van der Waals surface area (Å²) in [5, 5.41) is 0. The van der Waals surface area contributed by atoms with Gasteiger partial charge >= 0.3 is 11.9 Å². The molecule has 0 radical (unpaired) electrons. The summed E-state index contributed by atoms with van der Waals surface area (Å²) in [5.41, 5.74) is 0. The number of hydrogen-bond acceptors (Lipinski definition) is 5. The fourth-order valence-corrected chi connectivity index (χ4v) is 4.30. The van der Waals surface area contributed by atoms with Crippen molar-refractivity contribution in [2.24, 2.45) is 0 Å². The van der Waals surface area contributed by atoms with Crippen molar-refractivity contribution in [2.75, 3.05) is 0 Å². The highest BCUT2D eigenvalue weighted by Crippen LogP contribution is 2.39. The zero-order valence-corrected chi connectivity index (χ0v) is 23.2. The van der Waals surface area contributed by atoms with Gasteiger partial charge < -0.3 is 13.9 Å². The van der Waals surface area contributed by atoms with E-state index in [1.807, 2.05) is 13.8 Å². The van der Waals surface area contributed by atoms with Crippen LogP contribution in [0.2, 0.25) is 0 Å². The number of rotatable bonds is 22. The van der Waals surface area contributed by atoms with Crippen molar-refractivity contribution in [3.63, 3.8) is 0 Å². The summed E-state index contributed by atoms with van der Waals surface area (Å²) in [6.45, 7) is 8.34. The van der Waals surface area contributed by atoms with Gasteiger partial charge in [0.1, 0.15) is 0 Å². The van der Waals surface area contributed by atoms with Gasteiger partial charge in [-0.3, -0.25) is 9.59 Å². The van der Waals surface area contributed by atoms with Crippen molar-refractivity contribution in [1.82, 2.24) is 0 Å². The van der Waals surface area contributed by atoms with Gasteiger partial charge in [0, 0.05) is 25.7 Å². The molecule has 0 aliphatic rings. The number of unbranched alkanes of at least 4 members (excludes halogenated alkanes) is 14. The normalized spacial score (nSPS) is 11.1. The fraction of sp³-hybridized carbons (Fsp3) is 0.800. The van der Waals surface area contributed by atoms with Crippen LogP contribution in [0, 0.1) is 0 Å². The molecule has 1 heterocycles.